The quantitative estimate of drug-likeness (QED) is 0.608. The first kappa shape index (κ1) is 18.9. The summed E-state index contributed by atoms with van der Waals surface area (Å²) in [4.78, 5) is 2.33. The number of nitrogens with one attached hydrogen (secondary N) is 1. The van der Waals surface area contributed by atoms with E-state index in [1.165, 1.54) is 19.3 Å². The first-order valence-corrected chi connectivity index (χ1v) is 8.68. The van der Waals surface area contributed by atoms with Crippen molar-refractivity contribution in [2.75, 3.05) is 46.4 Å². The molecule has 1 heterocycles. The van der Waals surface area contributed by atoms with Gasteiger partial charge in [-0.3, -0.25) is 0 Å². The number of hydrogen-bond donors (Lipinski definition) is 2. The van der Waals surface area contributed by atoms with Crippen molar-refractivity contribution in [3.05, 3.63) is 0 Å². The van der Waals surface area contributed by atoms with Crippen LogP contribution in [0.25, 0.3) is 0 Å². The van der Waals surface area contributed by atoms with Crippen molar-refractivity contribution < 1.29 is 9.84 Å². The zero-order chi connectivity index (χ0) is 15.8. The number of likely N-dealkylation sites (N-methyl/N-ethyl adjacent to an activating group) is 1. The van der Waals surface area contributed by atoms with Crippen molar-refractivity contribution >= 4 is 0 Å². The zero-order valence-electron chi connectivity index (χ0n) is 14.6. The fraction of sp³-hybridized carbons (Fsp3) is 1.00. The molecule has 4 heteroatoms. The Hall–Kier alpha value is -0.160. The van der Waals surface area contributed by atoms with Gasteiger partial charge in [0.25, 0.3) is 0 Å². The van der Waals surface area contributed by atoms with Gasteiger partial charge in [-0.2, -0.15) is 0 Å². The van der Waals surface area contributed by atoms with E-state index < -0.39 is 5.60 Å². The van der Waals surface area contributed by atoms with Crippen LogP contribution in [0.15, 0.2) is 0 Å². The molecule has 0 aliphatic carbocycles. The van der Waals surface area contributed by atoms with Crippen LogP contribution in [0.3, 0.4) is 0 Å². The number of aliphatic hydroxyl groups is 1. The van der Waals surface area contributed by atoms with Crippen LogP contribution in [0, 0.1) is 5.41 Å². The van der Waals surface area contributed by atoms with E-state index in [-0.39, 0.29) is 0 Å². The molecular weight excluding hydrogens is 264 g/mol. The lowest BCUT2D eigenvalue weighted by Gasteiger charge is -2.40. The molecule has 4 nitrogen and oxygen atoms in total. The minimum atomic E-state index is -0.558. The number of rotatable bonds is 10. The third kappa shape index (κ3) is 6.23. The van der Waals surface area contributed by atoms with Gasteiger partial charge in [-0.1, -0.05) is 20.8 Å². The predicted molar refractivity (Wildman–Crippen MR) is 88.7 cm³/mol. The average Bonchev–Trinajstić information content (AvgIpc) is 2.46. The molecule has 1 fully saturated rings. The fourth-order valence-electron chi connectivity index (χ4n) is 3.35. The van der Waals surface area contributed by atoms with Crippen LogP contribution in [-0.2, 0) is 4.74 Å². The molecule has 1 aliphatic rings. The van der Waals surface area contributed by atoms with E-state index in [2.05, 4.69) is 38.0 Å². The standard InChI is InChI=1S/C17H36N2O2/c1-5-10-18-13-16(6-2,7-3)14-19(4)15-17(20)8-11-21-12-9-17/h18,20H,5-15H2,1-4H3. The molecule has 0 saturated carbocycles. The Bertz CT molecular complexity index is 274. The summed E-state index contributed by atoms with van der Waals surface area (Å²) in [5, 5.41) is 14.2. The fourth-order valence-corrected chi connectivity index (χ4v) is 3.35. The van der Waals surface area contributed by atoms with E-state index in [1.807, 2.05) is 0 Å². The van der Waals surface area contributed by atoms with Gasteiger partial charge >= 0.3 is 0 Å². The molecule has 0 aromatic rings. The monoisotopic (exact) mass is 300 g/mol. The highest BCUT2D eigenvalue weighted by molar-refractivity contribution is 4.88. The Morgan fingerprint density at radius 2 is 1.81 bits per heavy atom. The van der Waals surface area contributed by atoms with E-state index in [0.29, 0.717) is 18.6 Å². The molecule has 1 rings (SSSR count). The van der Waals surface area contributed by atoms with Crippen molar-refractivity contribution in [2.24, 2.45) is 5.41 Å². The summed E-state index contributed by atoms with van der Waals surface area (Å²) in [6.45, 7) is 12.1. The smallest absolute Gasteiger partial charge is 0.0817 e. The molecule has 126 valence electrons. The summed E-state index contributed by atoms with van der Waals surface area (Å²) in [7, 11) is 2.15. The molecule has 1 saturated heterocycles. The van der Waals surface area contributed by atoms with Crippen LogP contribution in [0.1, 0.15) is 52.9 Å². The lowest BCUT2D eigenvalue weighted by Crippen LogP contribution is -2.50. The molecular formula is C17H36N2O2. The Kier molecular flexibility index (Phi) is 8.17. The molecule has 0 spiro atoms. The molecule has 0 aromatic heterocycles. The summed E-state index contributed by atoms with van der Waals surface area (Å²) < 4.78 is 5.37. The average molecular weight is 300 g/mol. The normalized spacial score (nSPS) is 19.1. The second-order valence-corrected chi connectivity index (χ2v) is 6.89. The highest BCUT2D eigenvalue weighted by Crippen LogP contribution is 2.28. The largest absolute Gasteiger partial charge is 0.388 e. The maximum absolute atomic E-state index is 10.7. The molecule has 21 heavy (non-hydrogen) atoms. The molecule has 0 amide bonds. The molecule has 0 radical (unpaired) electrons. The topological polar surface area (TPSA) is 44.7 Å². The third-order valence-corrected chi connectivity index (χ3v) is 5.02. The predicted octanol–water partition coefficient (Wildman–Crippen LogP) is 2.27. The van der Waals surface area contributed by atoms with Crippen molar-refractivity contribution in [1.29, 1.82) is 0 Å². The molecule has 0 unspecified atom stereocenters. The van der Waals surface area contributed by atoms with Crippen molar-refractivity contribution in [3.8, 4) is 0 Å². The van der Waals surface area contributed by atoms with Gasteiger partial charge in [0.1, 0.15) is 0 Å². The van der Waals surface area contributed by atoms with E-state index >= 15 is 0 Å². The second kappa shape index (κ2) is 9.09. The van der Waals surface area contributed by atoms with E-state index in [0.717, 1.165) is 39.0 Å². The van der Waals surface area contributed by atoms with Crippen molar-refractivity contribution in [3.63, 3.8) is 0 Å². The Morgan fingerprint density at radius 3 is 2.33 bits per heavy atom. The first-order chi connectivity index (χ1) is 9.99. The van der Waals surface area contributed by atoms with Gasteiger partial charge in [-0.25, -0.2) is 0 Å². The molecule has 0 aromatic carbocycles. The summed E-state index contributed by atoms with van der Waals surface area (Å²) in [6, 6.07) is 0. The number of nitrogens with zero attached hydrogens (tertiary/aromatic N) is 1. The van der Waals surface area contributed by atoms with Crippen molar-refractivity contribution in [1.82, 2.24) is 10.2 Å². The highest BCUT2D eigenvalue weighted by Gasteiger charge is 2.34. The van der Waals surface area contributed by atoms with Gasteiger partial charge in [0.05, 0.1) is 5.60 Å². The molecule has 2 N–H and O–H groups in total. The molecule has 1 aliphatic heterocycles. The van der Waals surface area contributed by atoms with E-state index in [9.17, 15) is 5.11 Å². The van der Waals surface area contributed by atoms with Crippen LogP contribution in [0.4, 0.5) is 0 Å². The Morgan fingerprint density at radius 1 is 1.19 bits per heavy atom. The van der Waals surface area contributed by atoms with Crippen LogP contribution >= 0.6 is 0 Å². The minimum absolute atomic E-state index is 0.311. The molecule has 0 bridgehead atoms. The third-order valence-electron chi connectivity index (χ3n) is 5.02. The molecule has 0 atom stereocenters. The lowest BCUT2D eigenvalue weighted by atomic mass is 9.81. The maximum Gasteiger partial charge on any atom is 0.0817 e. The summed E-state index contributed by atoms with van der Waals surface area (Å²) in [6.07, 6.45) is 5.05. The van der Waals surface area contributed by atoms with Gasteiger partial charge in [0, 0.05) is 45.7 Å². The van der Waals surface area contributed by atoms with Crippen LogP contribution < -0.4 is 5.32 Å². The van der Waals surface area contributed by atoms with E-state index in [1.54, 1.807) is 0 Å². The first-order valence-electron chi connectivity index (χ1n) is 8.68. The van der Waals surface area contributed by atoms with Crippen LogP contribution in [-0.4, -0.2) is 62.0 Å². The van der Waals surface area contributed by atoms with Gasteiger partial charge in [0.2, 0.25) is 0 Å². The SMILES string of the molecule is CCCNCC(CC)(CC)CN(C)CC1(O)CCOCC1. The van der Waals surface area contributed by atoms with Gasteiger partial charge in [-0.15, -0.1) is 0 Å². The Labute approximate surface area is 131 Å². The van der Waals surface area contributed by atoms with Gasteiger partial charge in [-0.05, 0) is 38.3 Å². The summed E-state index contributed by atoms with van der Waals surface area (Å²) in [5.41, 5.74) is -0.248. The summed E-state index contributed by atoms with van der Waals surface area (Å²) >= 11 is 0. The number of ether oxygens (including phenoxy) is 1. The van der Waals surface area contributed by atoms with E-state index in [4.69, 9.17) is 4.74 Å². The van der Waals surface area contributed by atoms with Crippen molar-refractivity contribution in [2.45, 2.75) is 58.5 Å². The van der Waals surface area contributed by atoms with Crippen LogP contribution in [0.5, 0.6) is 0 Å². The summed E-state index contributed by atoms with van der Waals surface area (Å²) in [5.74, 6) is 0. The maximum atomic E-state index is 10.7. The minimum Gasteiger partial charge on any atom is -0.388 e. The highest BCUT2D eigenvalue weighted by atomic mass is 16.5. The lowest BCUT2D eigenvalue weighted by molar-refractivity contribution is -0.0805. The Balaban J connectivity index is 2.52. The van der Waals surface area contributed by atoms with Crippen LogP contribution in [0.2, 0.25) is 0 Å². The van der Waals surface area contributed by atoms with Gasteiger partial charge in [0.15, 0.2) is 0 Å². The zero-order valence-corrected chi connectivity index (χ0v) is 14.6. The number of hydrogen-bond acceptors (Lipinski definition) is 4. The second-order valence-electron chi connectivity index (χ2n) is 6.89. The van der Waals surface area contributed by atoms with Gasteiger partial charge < -0.3 is 20.1 Å².